The molecule has 0 amide bonds. The van der Waals surface area contributed by atoms with Crippen LogP contribution in [0.25, 0.3) is 0 Å². The molecule has 0 radical (unpaired) electrons. The van der Waals surface area contributed by atoms with E-state index in [-0.39, 0.29) is 11.4 Å². The quantitative estimate of drug-likeness (QED) is 0.460. The lowest BCUT2D eigenvalue weighted by atomic mass is 9.94. The predicted molar refractivity (Wildman–Crippen MR) is 89.7 cm³/mol. The molecule has 2 heterocycles. The third kappa shape index (κ3) is 2.99. The number of ether oxygens (including phenoxy) is 2. The van der Waals surface area contributed by atoms with E-state index >= 15 is 0 Å². The second-order valence-electron chi connectivity index (χ2n) is 5.90. The summed E-state index contributed by atoms with van der Waals surface area (Å²) in [6, 6.07) is 13.8. The summed E-state index contributed by atoms with van der Waals surface area (Å²) in [5, 5.41) is 14.7. The van der Waals surface area contributed by atoms with Gasteiger partial charge in [0, 0.05) is 17.7 Å². The smallest absolute Gasteiger partial charge is 0.341 e. The lowest BCUT2D eigenvalue weighted by Crippen LogP contribution is -2.32. The van der Waals surface area contributed by atoms with E-state index in [2.05, 4.69) is 5.16 Å². The molecule has 0 N–H and O–H groups in total. The lowest BCUT2D eigenvalue weighted by molar-refractivity contribution is -0.384. The number of esters is 2. The number of nitro benzene ring substituents is 1. The van der Waals surface area contributed by atoms with Crippen molar-refractivity contribution in [3.63, 3.8) is 0 Å². The molecule has 1 saturated heterocycles. The topological polar surface area (TPSA) is 117 Å². The molecule has 4 rings (SSSR count). The Kier molecular flexibility index (Phi) is 4.03. The number of carbonyl (C=O) groups is 2. The van der Waals surface area contributed by atoms with Crippen molar-refractivity contribution in [1.82, 2.24) is 0 Å². The van der Waals surface area contributed by atoms with Gasteiger partial charge in [0.25, 0.3) is 12.0 Å². The zero-order valence-corrected chi connectivity index (χ0v) is 13.7. The lowest BCUT2D eigenvalue weighted by Gasteiger charge is -2.15. The summed E-state index contributed by atoms with van der Waals surface area (Å²) in [6.45, 7) is 0. The Morgan fingerprint density at radius 2 is 1.81 bits per heavy atom. The molecule has 2 aliphatic rings. The molecule has 9 heteroatoms. The molecule has 27 heavy (non-hydrogen) atoms. The van der Waals surface area contributed by atoms with Crippen LogP contribution < -0.4 is 0 Å². The number of cyclic esters (lactones) is 1. The molecule has 2 aromatic rings. The average Bonchev–Trinajstić information content (AvgIpc) is 3.25. The largest absolute Gasteiger partial charge is 0.420 e. The van der Waals surface area contributed by atoms with E-state index in [0.717, 1.165) is 0 Å². The second kappa shape index (κ2) is 6.52. The molecule has 1 fully saturated rings. The number of rotatable bonds is 4. The van der Waals surface area contributed by atoms with Crippen LogP contribution in [0, 0.1) is 16.0 Å². The van der Waals surface area contributed by atoms with E-state index < -0.39 is 35.2 Å². The van der Waals surface area contributed by atoms with Crippen molar-refractivity contribution in [3.8, 4) is 0 Å². The second-order valence-corrected chi connectivity index (χ2v) is 5.90. The first-order valence-electron chi connectivity index (χ1n) is 7.99. The Labute approximate surface area is 152 Å². The highest BCUT2D eigenvalue weighted by molar-refractivity contribution is 6.13. The number of non-ortho nitro benzene ring substituents is 1. The van der Waals surface area contributed by atoms with Gasteiger partial charge < -0.3 is 14.3 Å². The molecule has 0 unspecified atom stereocenters. The number of carbonyl (C=O) groups excluding carboxylic acids is 2. The van der Waals surface area contributed by atoms with Crippen molar-refractivity contribution in [2.75, 3.05) is 0 Å². The Morgan fingerprint density at radius 3 is 2.48 bits per heavy atom. The first kappa shape index (κ1) is 16.7. The van der Waals surface area contributed by atoms with Crippen LogP contribution in [0.3, 0.4) is 0 Å². The fourth-order valence-electron chi connectivity index (χ4n) is 2.92. The highest BCUT2D eigenvalue weighted by Crippen LogP contribution is 2.34. The highest BCUT2D eigenvalue weighted by atomic mass is 16.8. The van der Waals surface area contributed by atoms with E-state index in [1.165, 1.54) is 24.3 Å². The van der Waals surface area contributed by atoms with Crippen LogP contribution in [-0.4, -0.2) is 35.0 Å². The molecule has 3 atom stereocenters. The fourth-order valence-corrected chi connectivity index (χ4v) is 2.92. The van der Waals surface area contributed by atoms with E-state index in [0.29, 0.717) is 11.1 Å². The van der Waals surface area contributed by atoms with Crippen LogP contribution in [0.2, 0.25) is 0 Å². The fraction of sp³-hybridized carbons (Fsp3) is 0.167. The van der Waals surface area contributed by atoms with Crippen LogP contribution in [0.1, 0.15) is 15.9 Å². The number of hydrogen-bond donors (Lipinski definition) is 0. The Hall–Kier alpha value is -3.75. The molecule has 2 aliphatic heterocycles. The van der Waals surface area contributed by atoms with Gasteiger partial charge in [-0.2, -0.15) is 0 Å². The number of benzene rings is 2. The van der Waals surface area contributed by atoms with Crippen molar-refractivity contribution >= 4 is 23.3 Å². The van der Waals surface area contributed by atoms with Gasteiger partial charge in [-0.05, 0) is 24.3 Å². The predicted octanol–water partition coefficient (Wildman–Crippen LogP) is 2.05. The number of nitro groups is 1. The SMILES string of the molecule is O=C(O[C@H]1OC(=O)[C@@H]2C(c3ccc([N+](=O)[O-])cc3)=NO[C@H]12)c1ccccc1. The summed E-state index contributed by atoms with van der Waals surface area (Å²) in [6.07, 6.45) is -2.13. The zero-order chi connectivity index (χ0) is 19.0. The zero-order valence-electron chi connectivity index (χ0n) is 13.7. The maximum Gasteiger partial charge on any atom is 0.341 e. The number of nitrogens with zero attached hydrogens (tertiary/aromatic N) is 2. The van der Waals surface area contributed by atoms with E-state index in [1.807, 2.05) is 0 Å². The molecule has 0 aromatic heterocycles. The number of oxime groups is 1. The first-order valence-corrected chi connectivity index (χ1v) is 7.99. The van der Waals surface area contributed by atoms with Gasteiger partial charge >= 0.3 is 11.9 Å². The third-order valence-electron chi connectivity index (χ3n) is 4.26. The van der Waals surface area contributed by atoms with Gasteiger partial charge in [0.05, 0.1) is 10.5 Å². The summed E-state index contributed by atoms with van der Waals surface area (Å²) in [4.78, 5) is 39.9. The van der Waals surface area contributed by atoms with Gasteiger partial charge in [0.1, 0.15) is 11.6 Å². The van der Waals surface area contributed by atoms with Gasteiger partial charge in [-0.15, -0.1) is 0 Å². The Morgan fingerprint density at radius 1 is 1.11 bits per heavy atom. The highest BCUT2D eigenvalue weighted by Gasteiger charge is 2.55. The van der Waals surface area contributed by atoms with E-state index in [4.69, 9.17) is 14.3 Å². The maximum absolute atomic E-state index is 12.3. The van der Waals surface area contributed by atoms with Crippen LogP contribution in [-0.2, 0) is 19.1 Å². The summed E-state index contributed by atoms with van der Waals surface area (Å²) in [7, 11) is 0. The van der Waals surface area contributed by atoms with Crippen LogP contribution in [0.5, 0.6) is 0 Å². The Bertz CT molecular complexity index is 940. The minimum absolute atomic E-state index is 0.0847. The molecule has 2 aromatic carbocycles. The van der Waals surface area contributed by atoms with Crippen molar-refractivity contribution < 1.29 is 28.8 Å². The van der Waals surface area contributed by atoms with Crippen molar-refractivity contribution in [2.24, 2.45) is 11.1 Å². The van der Waals surface area contributed by atoms with Gasteiger partial charge in [0.2, 0.25) is 6.10 Å². The van der Waals surface area contributed by atoms with Gasteiger partial charge in [-0.25, -0.2) is 4.79 Å². The molecule has 0 spiro atoms. The number of hydrogen-bond acceptors (Lipinski definition) is 8. The maximum atomic E-state index is 12.3. The van der Waals surface area contributed by atoms with Crippen LogP contribution in [0.4, 0.5) is 5.69 Å². The number of fused-ring (bicyclic) bond motifs is 1. The molecule has 0 bridgehead atoms. The summed E-state index contributed by atoms with van der Waals surface area (Å²) < 4.78 is 10.4. The van der Waals surface area contributed by atoms with Gasteiger partial charge in [-0.1, -0.05) is 23.4 Å². The summed E-state index contributed by atoms with van der Waals surface area (Å²) in [5.41, 5.74) is 0.989. The minimum atomic E-state index is -1.23. The normalized spacial score (nSPS) is 23.0. The molecular weight excluding hydrogens is 356 g/mol. The Balaban J connectivity index is 1.51. The molecular formula is C18H12N2O7. The summed E-state index contributed by atoms with van der Waals surface area (Å²) in [5.74, 6) is -2.16. The van der Waals surface area contributed by atoms with Crippen molar-refractivity contribution in [3.05, 3.63) is 75.8 Å². The molecule has 136 valence electrons. The molecule has 0 aliphatic carbocycles. The van der Waals surface area contributed by atoms with Gasteiger partial charge in [0.15, 0.2) is 0 Å². The van der Waals surface area contributed by atoms with Crippen molar-refractivity contribution in [1.29, 1.82) is 0 Å². The molecule has 0 saturated carbocycles. The van der Waals surface area contributed by atoms with E-state index in [9.17, 15) is 19.7 Å². The standard InChI is InChI=1S/C18H12N2O7/c21-16(11-4-2-1-3-5-11)25-18-15-13(17(22)26-18)14(19-27-15)10-6-8-12(9-7-10)20(23)24/h1-9,13,15,18H/t13-,15+,18+/m1/s1. The minimum Gasteiger partial charge on any atom is -0.420 e. The summed E-state index contributed by atoms with van der Waals surface area (Å²) >= 11 is 0. The van der Waals surface area contributed by atoms with Crippen LogP contribution in [0.15, 0.2) is 59.8 Å². The van der Waals surface area contributed by atoms with E-state index in [1.54, 1.807) is 30.3 Å². The average molecular weight is 368 g/mol. The van der Waals surface area contributed by atoms with Gasteiger partial charge in [-0.3, -0.25) is 14.9 Å². The molecule has 9 nitrogen and oxygen atoms in total. The monoisotopic (exact) mass is 368 g/mol. The van der Waals surface area contributed by atoms with Crippen molar-refractivity contribution in [2.45, 2.75) is 12.4 Å². The third-order valence-corrected chi connectivity index (χ3v) is 4.26. The first-order chi connectivity index (χ1) is 13.0. The van der Waals surface area contributed by atoms with Crippen LogP contribution >= 0.6 is 0 Å².